The van der Waals surface area contributed by atoms with Gasteiger partial charge in [-0.15, -0.1) is 0 Å². The van der Waals surface area contributed by atoms with Gasteiger partial charge in [0, 0.05) is 11.4 Å². The van der Waals surface area contributed by atoms with Gasteiger partial charge >= 0.3 is 0 Å². The van der Waals surface area contributed by atoms with Crippen molar-refractivity contribution in [3.8, 4) is 0 Å². The lowest BCUT2D eigenvalue weighted by Gasteiger charge is -2.28. The zero-order valence-corrected chi connectivity index (χ0v) is 11.8. The predicted molar refractivity (Wildman–Crippen MR) is 74.8 cm³/mol. The van der Waals surface area contributed by atoms with Gasteiger partial charge in [-0.05, 0) is 39.8 Å². The van der Waals surface area contributed by atoms with E-state index < -0.39 is 5.83 Å². The number of aryl methyl sites for hydroxylation is 2. The van der Waals surface area contributed by atoms with E-state index in [1.807, 2.05) is 39.8 Å². The molecule has 0 bridgehead atoms. The van der Waals surface area contributed by atoms with E-state index >= 15 is 0 Å². The van der Waals surface area contributed by atoms with Crippen molar-refractivity contribution < 1.29 is 9.13 Å². The second kappa shape index (κ2) is 4.81. The highest BCUT2D eigenvalue weighted by Crippen LogP contribution is 2.21. The Hall–Kier alpha value is -1.62. The fraction of sp³-hybridized carbons (Fsp3) is 0.500. The Labute approximate surface area is 112 Å². The number of nitrogens with two attached hydrogens (primary N) is 1. The molecule has 19 heavy (non-hydrogen) atoms. The highest BCUT2D eigenvalue weighted by molar-refractivity contribution is 6.03. The molecule has 104 valence electrons. The topological polar surface area (TPSA) is 52.5 Å². The number of hydrogen-bond donors (Lipinski definition) is 1. The molecule has 0 unspecified atom stereocenters. The molecule has 2 heterocycles. The van der Waals surface area contributed by atoms with Crippen LogP contribution < -0.4 is 5.73 Å². The SMILES string of the molecule is Cc1ccc(C)n1/C(N)=C(\F)C1=NCC(C)(C)OC1. The number of nitrogens with zero attached hydrogens (tertiary/aromatic N) is 2. The molecule has 0 atom stereocenters. The molecule has 0 fully saturated rings. The average Bonchev–Trinajstić information content (AvgIpc) is 2.67. The maximum atomic E-state index is 14.4. The first-order valence-electron chi connectivity index (χ1n) is 6.30. The van der Waals surface area contributed by atoms with Crippen molar-refractivity contribution in [3.05, 3.63) is 29.3 Å². The first kappa shape index (κ1) is 13.8. The van der Waals surface area contributed by atoms with E-state index in [-0.39, 0.29) is 23.7 Å². The summed E-state index contributed by atoms with van der Waals surface area (Å²) in [5.74, 6) is -0.431. The normalized spacial score (nSPS) is 19.9. The smallest absolute Gasteiger partial charge is 0.187 e. The third-order valence-electron chi connectivity index (χ3n) is 3.24. The summed E-state index contributed by atoms with van der Waals surface area (Å²) in [4.78, 5) is 4.24. The van der Waals surface area contributed by atoms with Gasteiger partial charge < -0.3 is 15.0 Å². The summed E-state index contributed by atoms with van der Waals surface area (Å²) in [6.07, 6.45) is 0. The van der Waals surface area contributed by atoms with Crippen LogP contribution in [0.3, 0.4) is 0 Å². The van der Waals surface area contributed by atoms with Crippen molar-refractivity contribution in [1.82, 2.24) is 4.57 Å². The van der Waals surface area contributed by atoms with E-state index in [4.69, 9.17) is 10.5 Å². The van der Waals surface area contributed by atoms with E-state index in [1.54, 1.807) is 4.57 Å². The number of hydrogen-bond acceptors (Lipinski definition) is 3. The van der Waals surface area contributed by atoms with E-state index in [9.17, 15) is 4.39 Å². The molecule has 0 radical (unpaired) electrons. The molecule has 1 aromatic heterocycles. The van der Waals surface area contributed by atoms with Crippen molar-refractivity contribution in [3.63, 3.8) is 0 Å². The first-order valence-corrected chi connectivity index (χ1v) is 6.30. The Morgan fingerprint density at radius 3 is 2.42 bits per heavy atom. The third kappa shape index (κ3) is 2.71. The molecule has 5 heteroatoms. The number of aromatic nitrogens is 1. The molecule has 0 aliphatic carbocycles. The van der Waals surface area contributed by atoms with Crippen LogP contribution >= 0.6 is 0 Å². The van der Waals surface area contributed by atoms with Crippen LogP contribution in [0.4, 0.5) is 4.39 Å². The molecule has 2 N–H and O–H groups in total. The molecule has 0 aromatic carbocycles. The lowest BCUT2D eigenvalue weighted by atomic mass is 10.1. The van der Waals surface area contributed by atoms with Crippen molar-refractivity contribution in [2.75, 3.05) is 13.2 Å². The molecular weight excluding hydrogens is 245 g/mol. The summed E-state index contributed by atoms with van der Waals surface area (Å²) in [6.45, 7) is 8.22. The minimum Gasteiger partial charge on any atom is -0.382 e. The Morgan fingerprint density at radius 2 is 1.95 bits per heavy atom. The summed E-state index contributed by atoms with van der Waals surface area (Å²) < 4.78 is 21.6. The van der Waals surface area contributed by atoms with Crippen molar-refractivity contribution >= 4 is 11.5 Å². The van der Waals surface area contributed by atoms with E-state index in [2.05, 4.69) is 4.99 Å². The highest BCUT2D eigenvalue weighted by Gasteiger charge is 2.26. The number of aliphatic imine (C=N–C) groups is 1. The quantitative estimate of drug-likeness (QED) is 0.892. The Kier molecular flexibility index (Phi) is 3.49. The molecule has 2 rings (SSSR count). The van der Waals surface area contributed by atoms with Gasteiger partial charge in [0.25, 0.3) is 0 Å². The lowest BCUT2D eigenvalue weighted by Crippen LogP contribution is -2.36. The fourth-order valence-corrected chi connectivity index (χ4v) is 2.07. The van der Waals surface area contributed by atoms with E-state index in [0.717, 1.165) is 11.4 Å². The van der Waals surface area contributed by atoms with Gasteiger partial charge in [0.1, 0.15) is 11.5 Å². The minimum atomic E-state index is -0.502. The summed E-state index contributed by atoms with van der Waals surface area (Å²) >= 11 is 0. The van der Waals surface area contributed by atoms with Crippen LogP contribution in [-0.2, 0) is 4.74 Å². The van der Waals surface area contributed by atoms with Gasteiger partial charge in [-0.2, -0.15) is 0 Å². The van der Waals surface area contributed by atoms with Crippen molar-refractivity contribution in [1.29, 1.82) is 0 Å². The monoisotopic (exact) mass is 265 g/mol. The molecule has 0 amide bonds. The molecule has 1 aliphatic rings. The molecule has 4 nitrogen and oxygen atoms in total. The second-order valence-electron chi connectivity index (χ2n) is 5.46. The van der Waals surface area contributed by atoms with Crippen LogP contribution in [0.25, 0.3) is 5.82 Å². The van der Waals surface area contributed by atoms with Crippen LogP contribution in [-0.4, -0.2) is 29.0 Å². The summed E-state index contributed by atoms with van der Waals surface area (Å²) in [6, 6.07) is 3.80. The largest absolute Gasteiger partial charge is 0.382 e. The van der Waals surface area contributed by atoms with Crippen LogP contribution in [0.2, 0.25) is 0 Å². The van der Waals surface area contributed by atoms with Gasteiger partial charge in [0.2, 0.25) is 0 Å². The number of halogens is 1. The van der Waals surface area contributed by atoms with Crippen LogP contribution in [0.1, 0.15) is 25.2 Å². The zero-order chi connectivity index (χ0) is 14.2. The van der Waals surface area contributed by atoms with Crippen molar-refractivity contribution in [2.45, 2.75) is 33.3 Å². The molecule has 0 saturated heterocycles. The first-order chi connectivity index (χ1) is 8.82. The maximum Gasteiger partial charge on any atom is 0.187 e. The standard InChI is InChI=1S/C14H20FN3O/c1-9-5-6-10(2)18(9)13(16)12(15)11-7-19-14(3,4)8-17-11/h5-6H,7-8,16H2,1-4H3/b13-12-. The second-order valence-corrected chi connectivity index (χ2v) is 5.46. The van der Waals surface area contributed by atoms with Gasteiger partial charge in [-0.1, -0.05) is 0 Å². The molecule has 0 spiro atoms. The lowest BCUT2D eigenvalue weighted by molar-refractivity contribution is 0.00499. The van der Waals surface area contributed by atoms with Gasteiger partial charge in [0.05, 0.1) is 18.8 Å². The summed E-state index contributed by atoms with van der Waals surface area (Å²) in [5.41, 5.74) is 7.64. The van der Waals surface area contributed by atoms with Crippen LogP contribution in [0, 0.1) is 13.8 Å². The van der Waals surface area contributed by atoms with Crippen molar-refractivity contribution in [2.24, 2.45) is 10.7 Å². The Morgan fingerprint density at radius 1 is 1.37 bits per heavy atom. The predicted octanol–water partition coefficient (Wildman–Crippen LogP) is 2.41. The Balaban J connectivity index is 2.35. The fourth-order valence-electron chi connectivity index (χ4n) is 2.07. The number of ether oxygens (including phenoxy) is 1. The van der Waals surface area contributed by atoms with Gasteiger partial charge in [-0.25, -0.2) is 4.39 Å². The maximum absolute atomic E-state index is 14.4. The zero-order valence-electron chi connectivity index (χ0n) is 11.8. The van der Waals surface area contributed by atoms with Gasteiger partial charge in [0.15, 0.2) is 5.83 Å². The molecule has 1 aliphatic heterocycles. The molecule has 1 aromatic rings. The van der Waals surface area contributed by atoms with Gasteiger partial charge in [-0.3, -0.25) is 4.99 Å². The Bertz CT molecular complexity index is 536. The molecule has 0 saturated carbocycles. The average molecular weight is 265 g/mol. The van der Waals surface area contributed by atoms with Crippen LogP contribution in [0.5, 0.6) is 0 Å². The molecular formula is C14H20FN3O. The summed E-state index contributed by atoms with van der Waals surface area (Å²) in [5, 5.41) is 0. The van der Waals surface area contributed by atoms with Crippen LogP contribution in [0.15, 0.2) is 23.0 Å². The number of rotatable bonds is 2. The van der Waals surface area contributed by atoms with E-state index in [1.165, 1.54) is 0 Å². The summed E-state index contributed by atoms with van der Waals surface area (Å²) in [7, 11) is 0. The highest BCUT2D eigenvalue weighted by atomic mass is 19.1. The van der Waals surface area contributed by atoms with E-state index in [0.29, 0.717) is 6.54 Å². The third-order valence-corrected chi connectivity index (χ3v) is 3.24. The minimum absolute atomic E-state index is 0.0713.